The molecule has 0 bridgehead atoms. The average molecular weight is 185 g/mol. The highest BCUT2D eigenvalue weighted by atomic mass is 14.5. The van der Waals surface area contributed by atoms with Crippen LogP contribution in [0.5, 0.6) is 0 Å². The van der Waals surface area contributed by atoms with E-state index in [0.717, 1.165) is 24.9 Å². The van der Waals surface area contributed by atoms with Crippen LogP contribution in [-0.4, -0.2) is 0 Å². The number of anilines is 1. The Balaban J connectivity index is 1.92. The van der Waals surface area contributed by atoms with E-state index in [1.807, 2.05) is 12.1 Å². The van der Waals surface area contributed by atoms with Crippen LogP contribution in [0.4, 0.5) is 5.69 Å². The summed E-state index contributed by atoms with van der Waals surface area (Å²) in [5, 5.41) is 0. The molecule has 2 N–H and O–H groups in total. The first-order chi connectivity index (χ1) is 6.84. The Morgan fingerprint density at radius 1 is 1.21 bits per heavy atom. The van der Waals surface area contributed by atoms with E-state index in [1.54, 1.807) is 0 Å². The van der Waals surface area contributed by atoms with Crippen LogP contribution in [0.15, 0.2) is 48.1 Å². The summed E-state index contributed by atoms with van der Waals surface area (Å²) in [5.74, 6) is 0. The van der Waals surface area contributed by atoms with Crippen LogP contribution in [0.1, 0.15) is 18.4 Å². The zero-order valence-corrected chi connectivity index (χ0v) is 8.24. The molecule has 1 aliphatic carbocycles. The van der Waals surface area contributed by atoms with Gasteiger partial charge in [-0.1, -0.05) is 35.9 Å². The van der Waals surface area contributed by atoms with Gasteiger partial charge >= 0.3 is 0 Å². The van der Waals surface area contributed by atoms with Gasteiger partial charge in [-0.3, -0.25) is 0 Å². The third kappa shape index (κ3) is 2.25. The van der Waals surface area contributed by atoms with E-state index in [4.69, 9.17) is 5.73 Å². The van der Waals surface area contributed by atoms with E-state index in [-0.39, 0.29) is 0 Å². The van der Waals surface area contributed by atoms with Gasteiger partial charge in [0.15, 0.2) is 0 Å². The first-order valence-corrected chi connectivity index (χ1v) is 5.03. The Bertz CT molecular complexity index is 375. The maximum Gasteiger partial charge on any atom is 0.0316 e. The van der Waals surface area contributed by atoms with Crippen molar-refractivity contribution >= 4 is 5.69 Å². The fourth-order valence-electron chi connectivity index (χ4n) is 1.73. The Morgan fingerprint density at radius 2 is 2.14 bits per heavy atom. The van der Waals surface area contributed by atoms with Crippen LogP contribution in [0.2, 0.25) is 0 Å². The Hall–Kier alpha value is -1.50. The van der Waals surface area contributed by atoms with Gasteiger partial charge in [0.05, 0.1) is 0 Å². The number of nitrogen functional groups attached to an aromatic ring is 1. The van der Waals surface area contributed by atoms with Gasteiger partial charge in [0.1, 0.15) is 0 Å². The molecule has 1 aromatic carbocycles. The summed E-state index contributed by atoms with van der Waals surface area (Å²) in [6, 6.07) is 8.15. The van der Waals surface area contributed by atoms with Crippen LogP contribution >= 0.6 is 0 Å². The molecule has 0 fully saturated rings. The minimum absolute atomic E-state index is 0.862. The topological polar surface area (TPSA) is 26.0 Å². The van der Waals surface area contributed by atoms with E-state index in [0.29, 0.717) is 0 Å². The predicted molar refractivity (Wildman–Crippen MR) is 61.0 cm³/mol. The van der Waals surface area contributed by atoms with Crippen molar-refractivity contribution in [3.05, 3.63) is 53.6 Å². The lowest BCUT2D eigenvalue weighted by Crippen LogP contribution is -1.90. The highest BCUT2D eigenvalue weighted by Crippen LogP contribution is 2.18. The molecule has 0 spiro atoms. The maximum atomic E-state index is 5.72. The maximum absolute atomic E-state index is 5.72. The van der Waals surface area contributed by atoms with Gasteiger partial charge in [0, 0.05) is 5.69 Å². The van der Waals surface area contributed by atoms with Crippen molar-refractivity contribution in [3.63, 3.8) is 0 Å². The molecular formula is C13H15N. The summed E-state index contributed by atoms with van der Waals surface area (Å²) in [6.45, 7) is 0. The molecule has 14 heavy (non-hydrogen) atoms. The largest absolute Gasteiger partial charge is 0.399 e. The quantitative estimate of drug-likeness (QED) is 0.719. The van der Waals surface area contributed by atoms with E-state index < -0.39 is 0 Å². The molecular weight excluding hydrogens is 170 g/mol. The number of allylic oxidation sites excluding steroid dienone is 4. The average Bonchev–Trinajstić information content (AvgIpc) is 2.67. The number of nitrogens with two attached hydrogens (primary N) is 1. The number of aryl methyl sites for hydroxylation is 1. The summed E-state index contributed by atoms with van der Waals surface area (Å²) in [5.41, 5.74) is 9.43. The first-order valence-electron chi connectivity index (χ1n) is 5.03. The molecule has 0 aliphatic heterocycles. The summed E-state index contributed by atoms with van der Waals surface area (Å²) in [6.07, 6.45) is 9.92. The molecule has 1 heteroatoms. The molecule has 0 amide bonds. The van der Waals surface area contributed by atoms with Crippen LogP contribution in [-0.2, 0) is 6.42 Å². The van der Waals surface area contributed by atoms with E-state index in [1.165, 1.54) is 11.1 Å². The van der Waals surface area contributed by atoms with Crippen LogP contribution in [0, 0.1) is 0 Å². The van der Waals surface area contributed by atoms with Crippen molar-refractivity contribution in [2.75, 3.05) is 5.73 Å². The van der Waals surface area contributed by atoms with Crippen LogP contribution in [0.3, 0.4) is 0 Å². The predicted octanol–water partition coefficient (Wildman–Crippen LogP) is 3.09. The van der Waals surface area contributed by atoms with E-state index in [2.05, 4.69) is 30.4 Å². The fraction of sp³-hybridized carbons (Fsp3) is 0.231. The molecule has 0 saturated heterocycles. The molecule has 72 valence electrons. The Kier molecular flexibility index (Phi) is 2.68. The minimum Gasteiger partial charge on any atom is -0.399 e. The number of hydrogen-bond donors (Lipinski definition) is 1. The summed E-state index contributed by atoms with van der Waals surface area (Å²) >= 11 is 0. The van der Waals surface area contributed by atoms with Gasteiger partial charge in [-0.2, -0.15) is 0 Å². The van der Waals surface area contributed by atoms with E-state index >= 15 is 0 Å². The van der Waals surface area contributed by atoms with Gasteiger partial charge in [0.25, 0.3) is 0 Å². The van der Waals surface area contributed by atoms with Crippen molar-refractivity contribution in [3.8, 4) is 0 Å². The van der Waals surface area contributed by atoms with Crippen molar-refractivity contribution in [1.29, 1.82) is 0 Å². The number of hydrogen-bond acceptors (Lipinski definition) is 1. The first kappa shape index (κ1) is 9.07. The molecule has 0 unspecified atom stereocenters. The van der Waals surface area contributed by atoms with Crippen molar-refractivity contribution in [2.24, 2.45) is 0 Å². The number of rotatable bonds is 3. The standard InChI is InChI=1S/C13H15N/c14-13-7-3-6-12(10-13)9-8-11-4-1-2-5-11/h1-4,6-7,10H,5,8-9,14H2. The fourth-order valence-corrected chi connectivity index (χ4v) is 1.73. The van der Waals surface area contributed by atoms with Gasteiger partial charge in [-0.25, -0.2) is 0 Å². The molecule has 0 saturated carbocycles. The van der Waals surface area contributed by atoms with Crippen molar-refractivity contribution < 1.29 is 0 Å². The third-order valence-electron chi connectivity index (χ3n) is 2.53. The van der Waals surface area contributed by atoms with Gasteiger partial charge < -0.3 is 5.73 Å². The molecule has 1 aromatic rings. The second-order valence-electron chi connectivity index (χ2n) is 3.70. The van der Waals surface area contributed by atoms with Crippen molar-refractivity contribution in [2.45, 2.75) is 19.3 Å². The lowest BCUT2D eigenvalue weighted by molar-refractivity contribution is 0.920. The van der Waals surface area contributed by atoms with Gasteiger partial charge in [-0.15, -0.1) is 0 Å². The highest BCUT2D eigenvalue weighted by Gasteiger charge is 2.00. The minimum atomic E-state index is 0.862. The monoisotopic (exact) mass is 185 g/mol. The molecule has 1 nitrogen and oxygen atoms in total. The lowest BCUT2D eigenvalue weighted by Gasteiger charge is -2.03. The van der Waals surface area contributed by atoms with Crippen molar-refractivity contribution in [1.82, 2.24) is 0 Å². The number of benzene rings is 1. The zero-order chi connectivity index (χ0) is 9.80. The molecule has 0 radical (unpaired) electrons. The molecule has 0 aromatic heterocycles. The van der Waals surface area contributed by atoms with Gasteiger partial charge in [0.2, 0.25) is 0 Å². The third-order valence-corrected chi connectivity index (χ3v) is 2.53. The summed E-state index contributed by atoms with van der Waals surface area (Å²) in [7, 11) is 0. The van der Waals surface area contributed by atoms with E-state index in [9.17, 15) is 0 Å². The van der Waals surface area contributed by atoms with Gasteiger partial charge in [-0.05, 0) is 37.0 Å². The SMILES string of the molecule is Nc1cccc(CCC2=CC=CC2)c1. The molecule has 2 rings (SSSR count). The van der Waals surface area contributed by atoms with Crippen LogP contribution < -0.4 is 5.73 Å². The lowest BCUT2D eigenvalue weighted by atomic mass is 10.0. The highest BCUT2D eigenvalue weighted by molar-refractivity contribution is 5.40. The smallest absolute Gasteiger partial charge is 0.0316 e. The second-order valence-corrected chi connectivity index (χ2v) is 3.70. The normalized spacial score (nSPS) is 14.4. The zero-order valence-electron chi connectivity index (χ0n) is 8.24. The van der Waals surface area contributed by atoms with Crippen LogP contribution in [0.25, 0.3) is 0 Å². The molecule has 0 heterocycles. The molecule has 0 atom stereocenters. The molecule has 1 aliphatic rings. The second kappa shape index (κ2) is 4.14. The summed E-state index contributed by atoms with van der Waals surface area (Å²) in [4.78, 5) is 0. The Morgan fingerprint density at radius 3 is 2.86 bits per heavy atom. The summed E-state index contributed by atoms with van der Waals surface area (Å²) < 4.78 is 0. The Labute approximate surface area is 84.9 Å².